The SMILES string of the molecule is COCCCN(Cc1nc(C(=O)OC)cs1)C(=O)N(C)C. The van der Waals surface area contributed by atoms with Crippen LogP contribution < -0.4 is 0 Å². The van der Waals surface area contributed by atoms with E-state index in [2.05, 4.69) is 9.72 Å². The fraction of sp³-hybridized carbons (Fsp3) is 0.615. The van der Waals surface area contributed by atoms with E-state index in [4.69, 9.17) is 4.74 Å². The summed E-state index contributed by atoms with van der Waals surface area (Å²) in [5.74, 6) is -0.470. The predicted octanol–water partition coefficient (Wildman–Crippen LogP) is 1.45. The van der Waals surface area contributed by atoms with Crippen molar-refractivity contribution in [3.63, 3.8) is 0 Å². The summed E-state index contributed by atoms with van der Waals surface area (Å²) < 4.78 is 9.63. The summed E-state index contributed by atoms with van der Waals surface area (Å²) in [5.41, 5.74) is 0.270. The van der Waals surface area contributed by atoms with Crippen molar-refractivity contribution < 1.29 is 19.1 Å². The van der Waals surface area contributed by atoms with E-state index in [-0.39, 0.29) is 11.7 Å². The van der Waals surface area contributed by atoms with Gasteiger partial charge < -0.3 is 19.3 Å². The Bertz CT molecular complexity index is 476. The van der Waals surface area contributed by atoms with Gasteiger partial charge >= 0.3 is 12.0 Å². The minimum Gasteiger partial charge on any atom is -0.464 e. The normalized spacial score (nSPS) is 10.3. The molecule has 1 rings (SSSR count). The highest BCUT2D eigenvalue weighted by atomic mass is 32.1. The number of urea groups is 1. The molecule has 8 heteroatoms. The second kappa shape index (κ2) is 8.58. The maximum absolute atomic E-state index is 12.1. The predicted molar refractivity (Wildman–Crippen MR) is 79.4 cm³/mol. The van der Waals surface area contributed by atoms with Crippen LogP contribution in [0.4, 0.5) is 4.79 Å². The van der Waals surface area contributed by atoms with Gasteiger partial charge in [0.2, 0.25) is 0 Å². The van der Waals surface area contributed by atoms with Crippen molar-refractivity contribution in [2.24, 2.45) is 0 Å². The van der Waals surface area contributed by atoms with Crippen molar-refractivity contribution in [1.29, 1.82) is 0 Å². The van der Waals surface area contributed by atoms with Gasteiger partial charge in [0, 0.05) is 39.7 Å². The Morgan fingerprint density at radius 2 is 2.05 bits per heavy atom. The van der Waals surface area contributed by atoms with Crippen molar-refractivity contribution in [2.75, 3.05) is 41.5 Å². The monoisotopic (exact) mass is 315 g/mol. The summed E-state index contributed by atoms with van der Waals surface area (Å²) >= 11 is 1.33. The van der Waals surface area contributed by atoms with Crippen LogP contribution in [0.15, 0.2) is 5.38 Å². The zero-order valence-electron chi connectivity index (χ0n) is 12.8. The molecule has 1 aromatic heterocycles. The second-order valence-electron chi connectivity index (χ2n) is 4.56. The molecule has 7 nitrogen and oxygen atoms in total. The number of rotatable bonds is 7. The molecule has 2 amide bonds. The van der Waals surface area contributed by atoms with Crippen LogP contribution in [0.3, 0.4) is 0 Å². The highest BCUT2D eigenvalue weighted by Gasteiger charge is 2.18. The fourth-order valence-corrected chi connectivity index (χ4v) is 2.45. The maximum Gasteiger partial charge on any atom is 0.357 e. The lowest BCUT2D eigenvalue weighted by Crippen LogP contribution is -2.39. The second-order valence-corrected chi connectivity index (χ2v) is 5.51. The van der Waals surface area contributed by atoms with Crippen LogP contribution in [0, 0.1) is 0 Å². The molecule has 0 unspecified atom stereocenters. The third-order valence-electron chi connectivity index (χ3n) is 2.70. The number of carbonyl (C=O) groups is 2. The molecule has 21 heavy (non-hydrogen) atoms. The van der Waals surface area contributed by atoms with E-state index in [1.54, 1.807) is 31.5 Å². The lowest BCUT2D eigenvalue weighted by molar-refractivity contribution is 0.0594. The fourth-order valence-electron chi connectivity index (χ4n) is 1.67. The summed E-state index contributed by atoms with van der Waals surface area (Å²) in [6.07, 6.45) is 0.741. The molecule has 0 saturated heterocycles. The molecule has 1 heterocycles. The number of hydrogen-bond acceptors (Lipinski definition) is 6. The Morgan fingerprint density at radius 3 is 2.62 bits per heavy atom. The molecule has 0 aromatic carbocycles. The molecular weight excluding hydrogens is 294 g/mol. The van der Waals surface area contributed by atoms with Crippen LogP contribution in [-0.2, 0) is 16.0 Å². The highest BCUT2D eigenvalue weighted by Crippen LogP contribution is 2.14. The summed E-state index contributed by atoms with van der Waals surface area (Å²) in [6.45, 7) is 1.52. The molecule has 0 bridgehead atoms. The van der Waals surface area contributed by atoms with Gasteiger partial charge in [0.25, 0.3) is 0 Å². The first kappa shape index (κ1) is 17.4. The van der Waals surface area contributed by atoms with E-state index in [1.165, 1.54) is 23.3 Å². The number of esters is 1. The van der Waals surface area contributed by atoms with Crippen molar-refractivity contribution in [2.45, 2.75) is 13.0 Å². The molecule has 1 aromatic rings. The van der Waals surface area contributed by atoms with Crippen molar-refractivity contribution >= 4 is 23.3 Å². The van der Waals surface area contributed by atoms with Crippen LogP contribution in [0.5, 0.6) is 0 Å². The number of hydrogen-bond donors (Lipinski definition) is 0. The van der Waals surface area contributed by atoms with Gasteiger partial charge in [0.15, 0.2) is 5.69 Å². The summed E-state index contributed by atoms with van der Waals surface area (Å²) in [6, 6.07) is -0.0964. The first-order chi connectivity index (χ1) is 9.99. The zero-order valence-corrected chi connectivity index (χ0v) is 13.6. The van der Waals surface area contributed by atoms with Crippen molar-refractivity contribution in [3.05, 3.63) is 16.1 Å². The van der Waals surface area contributed by atoms with Crippen molar-refractivity contribution in [3.8, 4) is 0 Å². The van der Waals surface area contributed by atoms with Gasteiger partial charge in [-0.3, -0.25) is 0 Å². The van der Waals surface area contributed by atoms with Crippen LogP contribution >= 0.6 is 11.3 Å². The lowest BCUT2D eigenvalue weighted by Gasteiger charge is -2.25. The Hall–Kier alpha value is -1.67. The van der Waals surface area contributed by atoms with E-state index in [0.717, 1.165) is 6.42 Å². The molecule has 0 fully saturated rings. The van der Waals surface area contributed by atoms with Gasteiger partial charge in [-0.25, -0.2) is 14.6 Å². The Balaban J connectivity index is 2.73. The Morgan fingerprint density at radius 1 is 1.33 bits per heavy atom. The van der Waals surface area contributed by atoms with Crippen LogP contribution in [0.1, 0.15) is 21.9 Å². The average Bonchev–Trinajstić information content (AvgIpc) is 2.93. The molecule has 0 aliphatic rings. The summed E-state index contributed by atoms with van der Waals surface area (Å²) in [4.78, 5) is 30.9. The van der Waals surface area contributed by atoms with Gasteiger partial charge in [-0.15, -0.1) is 11.3 Å². The van der Waals surface area contributed by atoms with Crippen LogP contribution in [0.2, 0.25) is 0 Å². The molecule has 0 radical (unpaired) electrons. The minimum atomic E-state index is -0.470. The van der Waals surface area contributed by atoms with E-state index in [0.29, 0.717) is 24.7 Å². The minimum absolute atomic E-state index is 0.0964. The third kappa shape index (κ3) is 5.31. The molecule has 0 aliphatic heterocycles. The molecule has 0 atom stereocenters. The molecule has 0 spiro atoms. The number of methoxy groups -OCH3 is 2. The number of aromatic nitrogens is 1. The standard InChI is InChI=1S/C13H21N3O4S/c1-15(2)13(18)16(6-5-7-19-3)8-11-14-10(9-21-11)12(17)20-4/h9H,5-8H2,1-4H3. The van der Waals surface area contributed by atoms with Gasteiger partial charge in [0.05, 0.1) is 13.7 Å². The van der Waals surface area contributed by atoms with E-state index >= 15 is 0 Å². The Kier molecular flexibility index (Phi) is 7.10. The number of carbonyl (C=O) groups excluding carboxylic acids is 2. The largest absolute Gasteiger partial charge is 0.464 e. The summed E-state index contributed by atoms with van der Waals surface area (Å²) in [7, 11) is 6.34. The molecule has 0 aliphatic carbocycles. The number of ether oxygens (including phenoxy) is 2. The molecular formula is C13H21N3O4S. The quantitative estimate of drug-likeness (QED) is 0.562. The van der Waals surface area contributed by atoms with Gasteiger partial charge in [0.1, 0.15) is 5.01 Å². The smallest absolute Gasteiger partial charge is 0.357 e. The molecule has 0 N–H and O–H groups in total. The number of thiazole rings is 1. The van der Waals surface area contributed by atoms with Crippen molar-refractivity contribution in [1.82, 2.24) is 14.8 Å². The van der Waals surface area contributed by atoms with Gasteiger partial charge in [-0.05, 0) is 6.42 Å². The van der Waals surface area contributed by atoms with Crippen LogP contribution in [-0.4, -0.2) is 68.3 Å². The number of nitrogens with zero attached hydrogens (tertiary/aromatic N) is 3. The van der Waals surface area contributed by atoms with E-state index in [1.807, 2.05) is 0 Å². The number of amides is 2. The first-order valence-electron chi connectivity index (χ1n) is 6.47. The zero-order chi connectivity index (χ0) is 15.8. The molecule has 118 valence electrons. The maximum atomic E-state index is 12.1. The van der Waals surface area contributed by atoms with Crippen LogP contribution in [0.25, 0.3) is 0 Å². The van der Waals surface area contributed by atoms with Gasteiger partial charge in [-0.1, -0.05) is 0 Å². The highest BCUT2D eigenvalue weighted by molar-refractivity contribution is 7.09. The van der Waals surface area contributed by atoms with E-state index in [9.17, 15) is 9.59 Å². The Labute approximate surface area is 128 Å². The van der Waals surface area contributed by atoms with E-state index < -0.39 is 5.97 Å². The lowest BCUT2D eigenvalue weighted by atomic mass is 10.4. The third-order valence-corrected chi connectivity index (χ3v) is 3.54. The topological polar surface area (TPSA) is 72.0 Å². The first-order valence-corrected chi connectivity index (χ1v) is 7.35. The molecule has 0 saturated carbocycles. The van der Waals surface area contributed by atoms with Gasteiger partial charge in [-0.2, -0.15) is 0 Å². The average molecular weight is 315 g/mol. The summed E-state index contributed by atoms with van der Waals surface area (Å²) in [5, 5.41) is 2.33.